The van der Waals surface area contributed by atoms with Crippen molar-refractivity contribution in [1.29, 1.82) is 0 Å². The summed E-state index contributed by atoms with van der Waals surface area (Å²) in [7, 11) is 0. The van der Waals surface area contributed by atoms with E-state index in [1.807, 2.05) is 0 Å². The predicted octanol–water partition coefficient (Wildman–Crippen LogP) is 3.61. The Bertz CT molecular complexity index is 386. The third-order valence-corrected chi connectivity index (χ3v) is 2.21. The van der Waals surface area contributed by atoms with E-state index >= 15 is 0 Å². The van der Waals surface area contributed by atoms with Crippen LogP contribution in [0.2, 0.25) is 0 Å². The molecule has 0 heterocycles. The Morgan fingerprint density at radius 3 is 1.61 bits per heavy atom. The molecule has 1 aromatic carbocycles. The van der Waals surface area contributed by atoms with E-state index in [-0.39, 0.29) is 18.1 Å². The molecule has 1 atom stereocenters. The lowest BCUT2D eigenvalue weighted by Crippen LogP contribution is -2.19. The van der Waals surface area contributed by atoms with Gasteiger partial charge < -0.3 is 5.73 Å². The third-order valence-electron chi connectivity index (χ3n) is 2.21. The monoisotopic (exact) mass is 271 g/mol. The highest BCUT2D eigenvalue weighted by molar-refractivity contribution is 5.34. The van der Waals surface area contributed by atoms with Gasteiger partial charge in [0.25, 0.3) is 0 Å². The van der Waals surface area contributed by atoms with E-state index < -0.39 is 29.5 Å². The fraction of sp³-hybridized carbons (Fsp3) is 0.455. The topological polar surface area (TPSA) is 26.0 Å². The molecule has 18 heavy (non-hydrogen) atoms. The zero-order chi connectivity index (χ0) is 14.1. The van der Waals surface area contributed by atoms with Gasteiger partial charge in [0.05, 0.1) is 11.1 Å². The molecule has 0 spiro atoms. The standard InChI is InChI=1S/C11H11F6N/c1-6(18)2-7-3-8(10(12,13)14)5-9(4-7)11(15,16)17/h3-6H,2,18H2,1H3. The molecule has 0 bridgehead atoms. The van der Waals surface area contributed by atoms with Gasteiger partial charge in [-0.2, -0.15) is 26.3 Å². The van der Waals surface area contributed by atoms with Crippen molar-refractivity contribution in [3.05, 3.63) is 34.9 Å². The molecule has 0 aliphatic rings. The molecule has 1 unspecified atom stereocenters. The quantitative estimate of drug-likeness (QED) is 0.817. The second-order valence-corrected chi connectivity index (χ2v) is 4.10. The number of nitrogens with two attached hydrogens (primary N) is 1. The summed E-state index contributed by atoms with van der Waals surface area (Å²) in [5.41, 5.74) is 2.68. The van der Waals surface area contributed by atoms with Gasteiger partial charge in [0.15, 0.2) is 0 Å². The molecule has 0 saturated carbocycles. The first-order chi connectivity index (χ1) is 8.00. The van der Waals surface area contributed by atoms with Crippen molar-refractivity contribution in [1.82, 2.24) is 0 Å². The van der Waals surface area contributed by atoms with Gasteiger partial charge in [-0.25, -0.2) is 0 Å². The van der Waals surface area contributed by atoms with Gasteiger partial charge in [-0.05, 0) is 37.1 Å². The first-order valence-electron chi connectivity index (χ1n) is 5.04. The average molecular weight is 271 g/mol. The molecule has 0 radical (unpaired) electrons. The molecule has 1 rings (SSSR count). The van der Waals surface area contributed by atoms with Gasteiger partial charge in [0.1, 0.15) is 0 Å². The maximum absolute atomic E-state index is 12.5. The molecule has 0 saturated heterocycles. The normalized spacial score (nSPS) is 14.7. The van der Waals surface area contributed by atoms with E-state index in [9.17, 15) is 26.3 Å². The summed E-state index contributed by atoms with van der Waals surface area (Å²) in [5, 5.41) is 0. The number of benzene rings is 1. The zero-order valence-corrected chi connectivity index (χ0v) is 9.36. The van der Waals surface area contributed by atoms with Crippen molar-refractivity contribution in [3.8, 4) is 0 Å². The summed E-state index contributed by atoms with van der Waals surface area (Å²) in [6, 6.07) is 0.969. The first-order valence-corrected chi connectivity index (χ1v) is 5.04. The number of rotatable bonds is 2. The molecule has 102 valence electrons. The zero-order valence-electron chi connectivity index (χ0n) is 9.36. The molecule has 2 N–H and O–H groups in total. The molecule has 7 heteroatoms. The fourth-order valence-electron chi connectivity index (χ4n) is 1.51. The van der Waals surface area contributed by atoms with Crippen LogP contribution >= 0.6 is 0 Å². The molecule has 0 aromatic heterocycles. The number of hydrogen-bond donors (Lipinski definition) is 1. The maximum Gasteiger partial charge on any atom is 0.416 e. The summed E-state index contributed by atoms with van der Waals surface area (Å²) in [6.45, 7) is 1.51. The van der Waals surface area contributed by atoms with E-state index in [0.29, 0.717) is 12.1 Å². The Morgan fingerprint density at radius 2 is 1.33 bits per heavy atom. The highest BCUT2D eigenvalue weighted by Gasteiger charge is 2.36. The van der Waals surface area contributed by atoms with Crippen LogP contribution in [0, 0.1) is 0 Å². The van der Waals surface area contributed by atoms with E-state index in [4.69, 9.17) is 5.73 Å². The summed E-state index contributed by atoms with van der Waals surface area (Å²) < 4.78 is 74.8. The van der Waals surface area contributed by atoms with Crippen LogP contribution in [0.25, 0.3) is 0 Å². The summed E-state index contributed by atoms with van der Waals surface area (Å²) in [6.07, 6.45) is -9.67. The molecule has 0 amide bonds. The third kappa shape index (κ3) is 3.90. The number of alkyl halides is 6. The molecular weight excluding hydrogens is 260 g/mol. The Morgan fingerprint density at radius 1 is 0.944 bits per heavy atom. The summed E-state index contributed by atoms with van der Waals surface area (Å²) >= 11 is 0. The van der Waals surface area contributed by atoms with Crippen LogP contribution in [0.3, 0.4) is 0 Å². The van der Waals surface area contributed by atoms with Crippen molar-refractivity contribution in [2.45, 2.75) is 31.7 Å². The molecule has 0 fully saturated rings. The lowest BCUT2D eigenvalue weighted by Gasteiger charge is -2.15. The maximum atomic E-state index is 12.5. The molecule has 0 aliphatic carbocycles. The van der Waals surface area contributed by atoms with Crippen molar-refractivity contribution in [2.75, 3.05) is 0 Å². The number of halogens is 6. The van der Waals surface area contributed by atoms with Crippen LogP contribution < -0.4 is 5.73 Å². The molecule has 0 aliphatic heterocycles. The van der Waals surface area contributed by atoms with Crippen LogP contribution in [0.5, 0.6) is 0 Å². The van der Waals surface area contributed by atoms with Crippen LogP contribution in [0.15, 0.2) is 18.2 Å². The van der Waals surface area contributed by atoms with Crippen molar-refractivity contribution in [3.63, 3.8) is 0 Å². The van der Waals surface area contributed by atoms with Crippen molar-refractivity contribution in [2.24, 2.45) is 5.73 Å². The summed E-state index contributed by atoms with van der Waals surface area (Å²) in [5.74, 6) is 0. The molecule has 1 nitrogen and oxygen atoms in total. The largest absolute Gasteiger partial charge is 0.416 e. The minimum absolute atomic E-state index is 0.0486. The second-order valence-electron chi connectivity index (χ2n) is 4.10. The highest BCUT2D eigenvalue weighted by Crippen LogP contribution is 2.36. The van der Waals surface area contributed by atoms with E-state index in [1.165, 1.54) is 6.92 Å². The van der Waals surface area contributed by atoms with E-state index in [1.54, 1.807) is 0 Å². The van der Waals surface area contributed by atoms with Crippen molar-refractivity contribution >= 4 is 0 Å². The van der Waals surface area contributed by atoms with E-state index in [0.717, 1.165) is 0 Å². The second kappa shape index (κ2) is 4.79. The Balaban J connectivity index is 3.29. The average Bonchev–Trinajstić information content (AvgIpc) is 2.13. The minimum Gasteiger partial charge on any atom is -0.328 e. The van der Waals surface area contributed by atoms with E-state index in [2.05, 4.69) is 0 Å². The van der Waals surface area contributed by atoms with Gasteiger partial charge in [-0.3, -0.25) is 0 Å². The number of hydrogen-bond acceptors (Lipinski definition) is 1. The lowest BCUT2D eigenvalue weighted by molar-refractivity contribution is -0.143. The summed E-state index contributed by atoms with van der Waals surface area (Å²) in [4.78, 5) is 0. The highest BCUT2D eigenvalue weighted by atomic mass is 19.4. The van der Waals surface area contributed by atoms with Crippen LogP contribution in [0.4, 0.5) is 26.3 Å². The Labute approximate surface area is 99.6 Å². The molecular formula is C11H11F6N. The van der Waals surface area contributed by atoms with Gasteiger partial charge in [-0.1, -0.05) is 0 Å². The van der Waals surface area contributed by atoms with Crippen LogP contribution in [-0.2, 0) is 18.8 Å². The first kappa shape index (κ1) is 14.8. The Hall–Kier alpha value is -1.24. The Kier molecular flexibility index (Phi) is 3.95. The predicted molar refractivity (Wildman–Crippen MR) is 53.8 cm³/mol. The van der Waals surface area contributed by atoms with Crippen LogP contribution in [0.1, 0.15) is 23.6 Å². The van der Waals surface area contributed by atoms with Gasteiger partial charge >= 0.3 is 12.4 Å². The van der Waals surface area contributed by atoms with Gasteiger partial charge in [0.2, 0.25) is 0 Å². The fourth-order valence-corrected chi connectivity index (χ4v) is 1.51. The molecule has 1 aromatic rings. The van der Waals surface area contributed by atoms with Gasteiger partial charge in [-0.15, -0.1) is 0 Å². The van der Waals surface area contributed by atoms with Gasteiger partial charge in [0, 0.05) is 6.04 Å². The van der Waals surface area contributed by atoms with Crippen molar-refractivity contribution < 1.29 is 26.3 Å². The minimum atomic E-state index is -4.81. The SMILES string of the molecule is CC(N)Cc1cc(C(F)(F)F)cc(C(F)(F)F)c1. The lowest BCUT2D eigenvalue weighted by atomic mass is 10.0. The smallest absolute Gasteiger partial charge is 0.328 e. The van der Waals surface area contributed by atoms with Crippen LogP contribution in [-0.4, -0.2) is 6.04 Å².